The van der Waals surface area contributed by atoms with Crippen LogP contribution in [0, 0.1) is 5.92 Å². The van der Waals surface area contributed by atoms with E-state index < -0.39 is 17.7 Å². The van der Waals surface area contributed by atoms with E-state index in [1.165, 1.54) is 23.5 Å². The fraction of sp³-hybridized carbons (Fsp3) is 0.320. The molecule has 3 aromatic rings. The first-order chi connectivity index (χ1) is 17.2. The lowest BCUT2D eigenvalue weighted by Crippen LogP contribution is -2.45. The average Bonchev–Trinajstić information content (AvgIpc) is 3.35. The molecule has 11 heteroatoms. The Morgan fingerprint density at radius 3 is 2.78 bits per heavy atom. The van der Waals surface area contributed by atoms with Gasteiger partial charge in [0.05, 0.1) is 24.3 Å². The number of para-hydroxylation sites is 2. The Morgan fingerprint density at radius 1 is 1.19 bits per heavy atom. The number of amides is 2. The summed E-state index contributed by atoms with van der Waals surface area (Å²) in [7, 11) is 1.57. The van der Waals surface area contributed by atoms with Crippen LogP contribution < -0.4 is 15.4 Å². The van der Waals surface area contributed by atoms with Gasteiger partial charge in [0.2, 0.25) is 5.91 Å². The minimum absolute atomic E-state index is 0.0166. The Bertz CT molecular complexity index is 1230. The molecule has 190 valence electrons. The molecule has 1 aromatic heterocycles. The maximum Gasteiger partial charge on any atom is 0.416 e. The van der Waals surface area contributed by atoms with Crippen molar-refractivity contribution >= 4 is 34.0 Å². The second-order valence-corrected chi connectivity index (χ2v) is 9.23. The molecule has 1 aliphatic heterocycles. The molecule has 0 bridgehead atoms. The monoisotopic (exact) mass is 518 g/mol. The summed E-state index contributed by atoms with van der Waals surface area (Å²) >= 11 is 1.29. The minimum atomic E-state index is -4.44. The molecule has 2 amide bonds. The van der Waals surface area contributed by atoms with Gasteiger partial charge < -0.3 is 20.3 Å². The summed E-state index contributed by atoms with van der Waals surface area (Å²) in [5.74, 6) is -0.356. The van der Waals surface area contributed by atoms with Crippen LogP contribution in [-0.4, -0.2) is 41.9 Å². The molecular formula is C25H25F3N4O3S. The molecule has 36 heavy (non-hydrogen) atoms. The van der Waals surface area contributed by atoms with Crippen LogP contribution in [0.3, 0.4) is 0 Å². The van der Waals surface area contributed by atoms with Crippen LogP contribution in [0.5, 0.6) is 5.75 Å². The molecule has 1 aliphatic rings. The van der Waals surface area contributed by atoms with Crippen molar-refractivity contribution in [2.75, 3.05) is 25.5 Å². The number of alkyl halides is 3. The number of nitrogens with zero attached hydrogens (tertiary/aromatic N) is 2. The van der Waals surface area contributed by atoms with E-state index in [1.54, 1.807) is 17.4 Å². The van der Waals surface area contributed by atoms with Crippen molar-refractivity contribution in [3.05, 3.63) is 70.7 Å². The Hall–Kier alpha value is -3.60. The average molecular weight is 519 g/mol. The van der Waals surface area contributed by atoms with E-state index in [2.05, 4.69) is 15.6 Å². The van der Waals surface area contributed by atoms with Gasteiger partial charge in [-0.05, 0) is 42.7 Å². The number of halogens is 3. The van der Waals surface area contributed by atoms with Crippen LogP contribution in [0.2, 0.25) is 0 Å². The van der Waals surface area contributed by atoms with Crippen molar-refractivity contribution in [1.29, 1.82) is 0 Å². The molecule has 0 radical (unpaired) electrons. The molecule has 1 unspecified atom stereocenters. The fourth-order valence-electron chi connectivity index (χ4n) is 4.02. The van der Waals surface area contributed by atoms with E-state index in [0.717, 1.165) is 17.8 Å². The maximum absolute atomic E-state index is 13.0. The highest BCUT2D eigenvalue weighted by Crippen LogP contribution is 2.30. The smallest absolute Gasteiger partial charge is 0.416 e. The van der Waals surface area contributed by atoms with Gasteiger partial charge in [-0.1, -0.05) is 24.3 Å². The van der Waals surface area contributed by atoms with Crippen molar-refractivity contribution < 1.29 is 27.5 Å². The van der Waals surface area contributed by atoms with Gasteiger partial charge in [0.15, 0.2) is 5.13 Å². The van der Waals surface area contributed by atoms with Gasteiger partial charge in [-0.25, -0.2) is 4.98 Å². The van der Waals surface area contributed by atoms with Crippen molar-refractivity contribution in [2.24, 2.45) is 5.92 Å². The summed E-state index contributed by atoms with van der Waals surface area (Å²) < 4.78 is 44.1. The van der Waals surface area contributed by atoms with Crippen LogP contribution in [0.4, 0.5) is 24.0 Å². The number of piperidine rings is 1. The second-order valence-electron chi connectivity index (χ2n) is 8.37. The number of likely N-dealkylation sites (tertiary alicyclic amines) is 1. The van der Waals surface area contributed by atoms with E-state index in [-0.39, 0.29) is 30.6 Å². The molecule has 2 heterocycles. The Morgan fingerprint density at radius 2 is 2.00 bits per heavy atom. The molecule has 1 fully saturated rings. The number of hydrogen-bond acceptors (Lipinski definition) is 6. The van der Waals surface area contributed by atoms with Crippen LogP contribution in [0.25, 0.3) is 0 Å². The molecule has 1 atom stereocenters. The lowest BCUT2D eigenvalue weighted by molar-refractivity contribution is -0.137. The van der Waals surface area contributed by atoms with Crippen LogP contribution >= 0.6 is 11.3 Å². The summed E-state index contributed by atoms with van der Waals surface area (Å²) in [5.41, 5.74) is 0.609. The molecule has 1 saturated heterocycles. The molecule has 2 N–H and O–H groups in total. The number of anilines is 2. The highest BCUT2D eigenvalue weighted by Gasteiger charge is 2.31. The number of rotatable bonds is 7. The van der Waals surface area contributed by atoms with Gasteiger partial charge in [0, 0.05) is 25.0 Å². The van der Waals surface area contributed by atoms with Gasteiger partial charge in [0.25, 0.3) is 5.91 Å². The first kappa shape index (κ1) is 25.5. The zero-order valence-electron chi connectivity index (χ0n) is 19.5. The molecule has 0 saturated carbocycles. The zero-order valence-corrected chi connectivity index (χ0v) is 20.3. The van der Waals surface area contributed by atoms with Crippen molar-refractivity contribution in [3.63, 3.8) is 0 Å². The van der Waals surface area contributed by atoms with Gasteiger partial charge in [0.1, 0.15) is 11.4 Å². The number of ether oxygens (including phenoxy) is 1. The minimum Gasteiger partial charge on any atom is -0.495 e. The summed E-state index contributed by atoms with van der Waals surface area (Å²) in [6, 6.07) is 12.2. The molecular weight excluding hydrogens is 493 g/mol. The van der Waals surface area contributed by atoms with E-state index in [0.29, 0.717) is 35.8 Å². The Balaban J connectivity index is 1.34. The molecule has 7 nitrogen and oxygen atoms in total. The van der Waals surface area contributed by atoms with E-state index in [9.17, 15) is 22.8 Å². The third kappa shape index (κ3) is 6.14. The van der Waals surface area contributed by atoms with Crippen LogP contribution in [-0.2, 0) is 17.5 Å². The number of nitrogens with one attached hydrogen (secondary N) is 2. The number of carbonyl (C=O) groups is 2. The highest BCUT2D eigenvalue weighted by molar-refractivity contribution is 7.14. The van der Waals surface area contributed by atoms with Crippen molar-refractivity contribution in [3.8, 4) is 5.75 Å². The van der Waals surface area contributed by atoms with Gasteiger partial charge >= 0.3 is 6.18 Å². The number of hydrogen-bond donors (Lipinski definition) is 2. The summed E-state index contributed by atoms with van der Waals surface area (Å²) in [4.78, 5) is 31.8. The second kappa shape index (κ2) is 11.0. The number of methoxy groups -OCH3 is 1. The lowest BCUT2D eigenvalue weighted by atomic mass is 9.96. The molecule has 4 rings (SSSR count). The van der Waals surface area contributed by atoms with Gasteiger partial charge in [-0.2, -0.15) is 13.2 Å². The first-order valence-corrected chi connectivity index (χ1v) is 12.2. The largest absolute Gasteiger partial charge is 0.495 e. The summed E-state index contributed by atoms with van der Waals surface area (Å²) in [6.07, 6.45) is -3.21. The number of carbonyl (C=O) groups excluding carboxylic acids is 2. The SMILES string of the molecule is COc1ccccc1Nc1nc(C(=O)N2CCCC(C(=O)NCc3cccc(C(F)(F)F)c3)C2)cs1. The topological polar surface area (TPSA) is 83.6 Å². The lowest BCUT2D eigenvalue weighted by Gasteiger charge is -2.31. The number of aromatic nitrogens is 1. The Kier molecular flexibility index (Phi) is 7.78. The molecule has 0 spiro atoms. The molecule has 0 aliphatic carbocycles. The predicted molar refractivity (Wildman–Crippen MR) is 130 cm³/mol. The third-order valence-electron chi connectivity index (χ3n) is 5.87. The third-order valence-corrected chi connectivity index (χ3v) is 6.63. The molecule has 2 aromatic carbocycles. The van der Waals surface area contributed by atoms with Crippen LogP contribution in [0.15, 0.2) is 53.9 Å². The van der Waals surface area contributed by atoms with Gasteiger partial charge in [-0.15, -0.1) is 11.3 Å². The Labute approximate surface area is 210 Å². The van der Waals surface area contributed by atoms with E-state index >= 15 is 0 Å². The predicted octanol–water partition coefficient (Wildman–Crippen LogP) is 5.08. The van der Waals surface area contributed by atoms with Crippen molar-refractivity contribution in [1.82, 2.24) is 15.2 Å². The number of thiazole rings is 1. The summed E-state index contributed by atoms with van der Waals surface area (Å²) in [6.45, 7) is 0.709. The standard InChI is InChI=1S/C25H25F3N4O3S/c1-35-21-10-3-2-9-19(21)30-24-31-20(15-36-24)23(34)32-11-5-7-17(14-32)22(33)29-13-16-6-4-8-18(12-16)25(26,27)28/h2-4,6,8-10,12,15,17H,5,7,11,13-14H2,1H3,(H,29,33)(H,30,31). The van der Waals surface area contributed by atoms with E-state index in [1.807, 2.05) is 24.3 Å². The zero-order chi connectivity index (χ0) is 25.7. The maximum atomic E-state index is 13.0. The number of benzene rings is 2. The summed E-state index contributed by atoms with van der Waals surface area (Å²) in [5, 5.41) is 8.06. The first-order valence-electron chi connectivity index (χ1n) is 11.3. The normalized spacial score (nSPS) is 15.9. The van der Waals surface area contributed by atoms with E-state index in [4.69, 9.17) is 4.74 Å². The highest BCUT2D eigenvalue weighted by atomic mass is 32.1. The van der Waals surface area contributed by atoms with Crippen molar-refractivity contribution in [2.45, 2.75) is 25.6 Å². The van der Waals surface area contributed by atoms with Crippen LogP contribution in [0.1, 0.15) is 34.5 Å². The fourth-order valence-corrected chi connectivity index (χ4v) is 4.72. The van der Waals surface area contributed by atoms with Gasteiger partial charge in [-0.3, -0.25) is 9.59 Å². The quantitative estimate of drug-likeness (QED) is 0.456.